The van der Waals surface area contributed by atoms with E-state index in [9.17, 15) is 0 Å². The van der Waals surface area contributed by atoms with Gasteiger partial charge in [-0.25, -0.2) is 0 Å². The summed E-state index contributed by atoms with van der Waals surface area (Å²) in [6, 6.07) is 0. The maximum absolute atomic E-state index is 2.32. The lowest BCUT2D eigenvalue weighted by atomic mass is 10.9. The average molecular weight is 343 g/mol. The molecule has 0 saturated carbocycles. The summed E-state index contributed by atoms with van der Waals surface area (Å²) in [5.74, 6) is 0. The van der Waals surface area contributed by atoms with E-state index in [4.69, 9.17) is 0 Å². The molecule has 21 heavy (non-hydrogen) atoms. The summed E-state index contributed by atoms with van der Waals surface area (Å²) in [7, 11) is 0. The van der Waals surface area contributed by atoms with Crippen LogP contribution in [0.2, 0.25) is 47.5 Å². The van der Waals surface area contributed by atoms with Gasteiger partial charge in [-0.15, -0.1) is 0 Å². The SMILES string of the molecule is C[CH2][Al]([CH2]C)[CH2]C.C[CH2][Al]([CH2]C)[CH2]C.C[CH2][Al]([CH2]C)[CH2]C. The highest BCUT2D eigenvalue weighted by molar-refractivity contribution is 6.59. The van der Waals surface area contributed by atoms with Gasteiger partial charge in [0.2, 0.25) is 0 Å². The summed E-state index contributed by atoms with van der Waals surface area (Å²) in [5.41, 5.74) is 0. The summed E-state index contributed by atoms with van der Waals surface area (Å²) in [5, 5.41) is 13.4. The van der Waals surface area contributed by atoms with Gasteiger partial charge in [0.05, 0.1) is 0 Å². The monoisotopic (exact) mass is 342 g/mol. The third-order valence-corrected chi connectivity index (χ3v) is 15.6. The van der Waals surface area contributed by atoms with Gasteiger partial charge in [-0.2, -0.15) is 0 Å². The van der Waals surface area contributed by atoms with Crippen molar-refractivity contribution in [1.29, 1.82) is 0 Å². The molecule has 0 unspecified atom stereocenters. The largest absolute Gasteiger partial charge is 0.261 e. The number of hydrogen-bond acceptors (Lipinski definition) is 0. The molecule has 0 aromatic heterocycles. The van der Waals surface area contributed by atoms with Crippen molar-refractivity contribution in [2.24, 2.45) is 0 Å². The van der Waals surface area contributed by atoms with E-state index in [-0.39, 0.29) is 42.4 Å². The van der Waals surface area contributed by atoms with Gasteiger partial charge in [0.1, 0.15) is 0 Å². The van der Waals surface area contributed by atoms with Crippen LogP contribution < -0.4 is 0 Å². The van der Waals surface area contributed by atoms with Crippen molar-refractivity contribution in [3.05, 3.63) is 0 Å². The maximum atomic E-state index is 2.32. The quantitative estimate of drug-likeness (QED) is 0.378. The van der Waals surface area contributed by atoms with Crippen molar-refractivity contribution in [2.45, 2.75) is 110 Å². The van der Waals surface area contributed by atoms with Crippen LogP contribution in [0, 0.1) is 0 Å². The number of hydrogen-bond donors (Lipinski definition) is 0. The molecule has 0 N–H and O–H groups in total. The molecular formula is C18H45Al3. The van der Waals surface area contributed by atoms with Crippen LogP contribution >= 0.6 is 0 Å². The molecule has 0 aromatic carbocycles. The van der Waals surface area contributed by atoms with Gasteiger partial charge in [0.25, 0.3) is 42.4 Å². The Morgan fingerprint density at radius 2 is 0.381 bits per heavy atom. The second-order valence-electron chi connectivity index (χ2n) is 6.27. The van der Waals surface area contributed by atoms with Crippen LogP contribution in [-0.4, -0.2) is 42.4 Å². The van der Waals surface area contributed by atoms with Crippen molar-refractivity contribution < 1.29 is 0 Å². The molecule has 0 aromatic rings. The molecule has 0 radical (unpaired) electrons. The van der Waals surface area contributed by atoms with Crippen LogP contribution in [0.5, 0.6) is 0 Å². The molecule has 3 heteroatoms. The van der Waals surface area contributed by atoms with Crippen molar-refractivity contribution in [1.82, 2.24) is 0 Å². The molecule has 0 heterocycles. The van der Waals surface area contributed by atoms with Crippen LogP contribution in [0.3, 0.4) is 0 Å². The predicted octanol–water partition coefficient (Wildman–Crippen LogP) is 7.62. The first kappa shape index (κ1) is 27.4. The van der Waals surface area contributed by atoms with E-state index in [0.717, 1.165) is 0 Å². The van der Waals surface area contributed by atoms with Crippen molar-refractivity contribution in [3.63, 3.8) is 0 Å². The lowest BCUT2D eigenvalue weighted by molar-refractivity contribution is 1.24. The fourth-order valence-electron chi connectivity index (χ4n) is 2.60. The van der Waals surface area contributed by atoms with Gasteiger partial charge < -0.3 is 0 Å². The Labute approximate surface area is 151 Å². The molecule has 0 fully saturated rings. The Morgan fingerprint density at radius 3 is 0.381 bits per heavy atom. The first-order valence-electron chi connectivity index (χ1n) is 10.0. The van der Waals surface area contributed by atoms with Crippen LogP contribution in [-0.2, 0) is 0 Å². The summed E-state index contributed by atoms with van der Waals surface area (Å²) in [6.45, 7) is 20.9. The topological polar surface area (TPSA) is 0 Å². The smallest absolute Gasteiger partial charge is 0.0967 e. The zero-order valence-electron chi connectivity index (χ0n) is 17.1. The normalized spacial score (nSPS) is 9.00. The Bertz CT molecular complexity index is 105. The van der Waals surface area contributed by atoms with Crippen molar-refractivity contribution in [2.75, 3.05) is 0 Å². The van der Waals surface area contributed by atoms with Gasteiger partial charge in [0, 0.05) is 0 Å². The Hall–Kier alpha value is 1.60. The molecular weight excluding hydrogens is 297 g/mol. The van der Waals surface area contributed by atoms with Crippen LogP contribution in [0.15, 0.2) is 0 Å². The second kappa shape index (κ2) is 23.9. The minimum absolute atomic E-state index is 0.171. The summed E-state index contributed by atoms with van der Waals surface area (Å²) < 4.78 is 0. The molecule has 0 bridgehead atoms. The lowest BCUT2D eigenvalue weighted by Gasteiger charge is -1.97. The highest BCUT2D eigenvalue weighted by Crippen LogP contribution is 2.02. The number of rotatable bonds is 9. The van der Waals surface area contributed by atoms with Crippen LogP contribution in [0.25, 0.3) is 0 Å². The van der Waals surface area contributed by atoms with Crippen LogP contribution in [0.1, 0.15) is 62.3 Å². The molecule has 126 valence electrons. The second-order valence-corrected chi connectivity index (χ2v) is 18.8. The molecule has 0 saturated heterocycles. The van der Waals surface area contributed by atoms with Gasteiger partial charge in [0.15, 0.2) is 0 Å². The minimum atomic E-state index is -0.171. The van der Waals surface area contributed by atoms with Crippen LogP contribution in [0.4, 0.5) is 0 Å². The van der Waals surface area contributed by atoms with Gasteiger partial charge in [-0.05, 0) is 0 Å². The minimum Gasteiger partial charge on any atom is -0.0967 e. The van der Waals surface area contributed by atoms with E-state index in [1.807, 2.05) is 0 Å². The zero-order chi connectivity index (χ0) is 17.1. The molecule has 0 spiro atoms. The van der Waals surface area contributed by atoms with E-state index >= 15 is 0 Å². The predicted molar refractivity (Wildman–Crippen MR) is 112 cm³/mol. The van der Waals surface area contributed by atoms with Crippen molar-refractivity contribution >= 4 is 42.4 Å². The lowest BCUT2D eigenvalue weighted by Crippen LogP contribution is -2.04. The van der Waals surface area contributed by atoms with E-state index in [2.05, 4.69) is 62.3 Å². The third-order valence-electron chi connectivity index (χ3n) is 5.20. The first-order chi connectivity index (χ1) is 10.0. The van der Waals surface area contributed by atoms with Gasteiger partial charge >= 0.3 is 0 Å². The first-order valence-corrected chi connectivity index (χ1v) is 17.4. The molecule has 0 amide bonds. The van der Waals surface area contributed by atoms with E-state index in [1.165, 1.54) is 47.5 Å². The van der Waals surface area contributed by atoms with E-state index < -0.39 is 0 Å². The molecule has 0 rings (SSSR count). The van der Waals surface area contributed by atoms with Gasteiger partial charge in [-0.3, -0.25) is 0 Å². The fraction of sp³-hybridized carbons (Fsp3) is 1.00. The van der Waals surface area contributed by atoms with E-state index in [0.29, 0.717) is 0 Å². The summed E-state index contributed by atoms with van der Waals surface area (Å²) in [4.78, 5) is 0. The standard InChI is InChI=1S/9C2H5.3Al/c9*1-2;;;/h9*1H2,2H3;;;. The third kappa shape index (κ3) is 21.6. The Morgan fingerprint density at radius 1 is 0.286 bits per heavy atom. The highest BCUT2D eigenvalue weighted by Gasteiger charge is 2.06. The molecule has 0 nitrogen and oxygen atoms in total. The highest BCUT2D eigenvalue weighted by atomic mass is 27.2. The fourth-order valence-corrected chi connectivity index (χ4v) is 7.79. The zero-order valence-corrected chi connectivity index (χ0v) is 20.6. The Kier molecular flexibility index (Phi) is 31.2. The molecule has 0 aliphatic rings. The molecule has 0 aliphatic carbocycles. The maximum Gasteiger partial charge on any atom is 0.261 e. The summed E-state index contributed by atoms with van der Waals surface area (Å²) in [6.07, 6.45) is 0. The molecule has 0 aliphatic heterocycles. The molecule has 0 atom stereocenters. The average Bonchev–Trinajstić information content (AvgIpc) is 2.54. The summed E-state index contributed by atoms with van der Waals surface area (Å²) >= 11 is -0.514. The van der Waals surface area contributed by atoms with Gasteiger partial charge in [-0.1, -0.05) is 110 Å². The van der Waals surface area contributed by atoms with E-state index in [1.54, 1.807) is 0 Å². The Balaban J connectivity index is -0.000000231. The van der Waals surface area contributed by atoms with Crippen molar-refractivity contribution in [3.8, 4) is 0 Å².